The van der Waals surface area contributed by atoms with Gasteiger partial charge >= 0.3 is 5.97 Å². The Kier molecular flexibility index (Phi) is 6.63. The molecule has 0 heterocycles. The molecule has 0 atom stereocenters. The van der Waals surface area contributed by atoms with Crippen LogP contribution in [0.3, 0.4) is 0 Å². The highest BCUT2D eigenvalue weighted by molar-refractivity contribution is 7.92. The van der Waals surface area contributed by atoms with Gasteiger partial charge in [0.15, 0.2) is 0 Å². The van der Waals surface area contributed by atoms with Gasteiger partial charge in [-0.15, -0.1) is 0 Å². The second-order valence-electron chi connectivity index (χ2n) is 6.01. The summed E-state index contributed by atoms with van der Waals surface area (Å²) in [6.07, 6.45) is 0. The number of nitrogens with zero attached hydrogens (tertiary/aromatic N) is 1. The lowest BCUT2D eigenvalue weighted by Crippen LogP contribution is -2.27. The van der Waals surface area contributed by atoms with Crippen molar-refractivity contribution in [3.8, 4) is 5.75 Å². The van der Waals surface area contributed by atoms with Crippen molar-refractivity contribution in [3.63, 3.8) is 0 Å². The van der Waals surface area contributed by atoms with Crippen LogP contribution >= 0.6 is 0 Å². The predicted molar refractivity (Wildman–Crippen MR) is 104 cm³/mol. The molecule has 0 aliphatic carbocycles. The van der Waals surface area contributed by atoms with Crippen LogP contribution in [0.5, 0.6) is 5.75 Å². The van der Waals surface area contributed by atoms with Gasteiger partial charge in [0.05, 0.1) is 12.7 Å². The average molecular weight is 406 g/mol. The number of rotatable bonds is 8. The van der Waals surface area contributed by atoms with Crippen molar-refractivity contribution in [2.24, 2.45) is 0 Å². The van der Waals surface area contributed by atoms with E-state index in [1.165, 1.54) is 26.2 Å². The summed E-state index contributed by atoms with van der Waals surface area (Å²) < 4.78 is 33.1. The van der Waals surface area contributed by atoms with Gasteiger partial charge in [0.1, 0.15) is 10.6 Å². The maximum atomic E-state index is 12.8. The number of methoxy groups -OCH3 is 1. The van der Waals surface area contributed by atoms with E-state index in [0.29, 0.717) is 18.8 Å². The molecule has 0 unspecified atom stereocenters. The Bertz CT molecular complexity index is 988. The van der Waals surface area contributed by atoms with Crippen LogP contribution < -0.4 is 9.46 Å². The molecular weight excluding hydrogens is 384 g/mol. The molecule has 0 saturated carbocycles. The summed E-state index contributed by atoms with van der Waals surface area (Å²) in [5.74, 6) is -1.30. The van der Waals surface area contributed by atoms with E-state index in [2.05, 4.69) is 4.72 Å². The summed E-state index contributed by atoms with van der Waals surface area (Å²) in [7, 11) is -2.80. The molecule has 2 rings (SSSR count). The summed E-state index contributed by atoms with van der Waals surface area (Å²) in [5.41, 5.74) is 0.873. The normalized spacial score (nSPS) is 11.0. The van der Waals surface area contributed by atoms with Crippen LogP contribution in [0.25, 0.3) is 0 Å². The molecule has 1 amide bonds. The topological polar surface area (TPSA) is 113 Å². The lowest BCUT2D eigenvalue weighted by Gasteiger charge is -2.19. The highest BCUT2D eigenvalue weighted by Crippen LogP contribution is 2.27. The minimum atomic E-state index is -4.10. The first kappa shape index (κ1) is 21.2. The predicted octanol–water partition coefficient (Wildman–Crippen LogP) is 2.56. The van der Waals surface area contributed by atoms with Crippen molar-refractivity contribution in [2.75, 3.05) is 18.4 Å². The quantitative estimate of drug-likeness (QED) is 0.697. The van der Waals surface area contributed by atoms with Crippen LogP contribution in [0.15, 0.2) is 47.4 Å². The zero-order valence-electron chi connectivity index (χ0n) is 15.8. The average Bonchev–Trinajstić information content (AvgIpc) is 2.65. The van der Waals surface area contributed by atoms with E-state index in [9.17, 15) is 18.0 Å². The third-order valence-corrected chi connectivity index (χ3v) is 5.48. The zero-order chi connectivity index (χ0) is 20.9. The van der Waals surface area contributed by atoms with Crippen molar-refractivity contribution in [2.45, 2.75) is 25.3 Å². The third kappa shape index (κ3) is 5.01. The van der Waals surface area contributed by atoms with Gasteiger partial charge in [0.2, 0.25) is 5.91 Å². The van der Waals surface area contributed by atoms with E-state index in [4.69, 9.17) is 9.84 Å². The van der Waals surface area contributed by atoms with Gasteiger partial charge in [-0.05, 0) is 42.8 Å². The smallest absolute Gasteiger partial charge is 0.335 e. The zero-order valence-corrected chi connectivity index (χ0v) is 16.6. The van der Waals surface area contributed by atoms with Crippen molar-refractivity contribution in [1.82, 2.24) is 4.90 Å². The second kappa shape index (κ2) is 8.75. The number of carbonyl (C=O) groups excluding carboxylic acids is 1. The van der Waals surface area contributed by atoms with E-state index in [1.807, 2.05) is 6.92 Å². The van der Waals surface area contributed by atoms with E-state index in [0.717, 1.165) is 11.6 Å². The van der Waals surface area contributed by atoms with Crippen LogP contribution in [0.1, 0.15) is 29.8 Å². The minimum Gasteiger partial charge on any atom is -0.495 e. The molecule has 8 nitrogen and oxygen atoms in total. The molecule has 2 N–H and O–H groups in total. The van der Waals surface area contributed by atoms with E-state index in [-0.39, 0.29) is 22.1 Å². The lowest BCUT2D eigenvalue weighted by atomic mass is 10.2. The number of anilines is 1. The molecule has 0 radical (unpaired) electrons. The molecule has 28 heavy (non-hydrogen) atoms. The number of carboxylic acid groups (broad SMARTS) is 1. The molecule has 0 fully saturated rings. The maximum Gasteiger partial charge on any atom is 0.335 e. The molecule has 150 valence electrons. The number of carbonyl (C=O) groups is 2. The Balaban J connectivity index is 2.35. The Morgan fingerprint density at radius 1 is 1.18 bits per heavy atom. The minimum absolute atomic E-state index is 0.0300. The standard InChI is InChI=1S/C19H22N2O6S/c1-4-21(13(2)22)12-14-6-5-7-16(10-14)20-28(25,26)18-11-15(19(23)24)8-9-17(18)27-3/h5-11,20H,4,12H2,1-3H3,(H,23,24). The fourth-order valence-corrected chi connectivity index (χ4v) is 3.87. The highest BCUT2D eigenvalue weighted by atomic mass is 32.2. The monoisotopic (exact) mass is 406 g/mol. The van der Waals surface area contributed by atoms with Crippen molar-refractivity contribution < 1.29 is 27.9 Å². The third-order valence-electron chi connectivity index (χ3n) is 4.08. The fourth-order valence-electron chi connectivity index (χ4n) is 2.63. The van der Waals surface area contributed by atoms with Crippen LogP contribution in [-0.2, 0) is 21.4 Å². The fraction of sp³-hybridized carbons (Fsp3) is 0.263. The van der Waals surface area contributed by atoms with Gasteiger partial charge in [-0.2, -0.15) is 0 Å². The van der Waals surface area contributed by atoms with Gasteiger partial charge in [-0.25, -0.2) is 13.2 Å². The second-order valence-corrected chi connectivity index (χ2v) is 7.66. The Labute approximate surface area is 163 Å². The molecule has 0 saturated heterocycles. The first-order valence-corrected chi connectivity index (χ1v) is 9.95. The van der Waals surface area contributed by atoms with Gasteiger partial charge in [0, 0.05) is 25.7 Å². The Morgan fingerprint density at radius 3 is 2.46 bits per heavy atom. The van der Waals surface area contributed by atoms with Gasteiger partial charge in [-0.1, -0.05) is 12.1 Å². The molecule has 0 bridgehead atoms. The Morgan fingerprint density at radius 2 is 1.89 bits per heavy atom. The van der Waals surface area contributed by atoms with E-state index >= 15 is 0 Å². The van der Waals surface area contributed by atoms with Crippen LogP contribution in [0.4, 0.5) is 5.69 Å². The molecule has 0 aliphatic heterocycles. The molecule has 9 heteroatoms. The highest BCUT2D eigenvalue weighted by Gasteiger charge is 2.22. The molecular formula is C19H22N2O6S. The number of carboxylic acids is 1. The summed E-state index contributed by atoms with van der Waals surface area (Å²) in [5, 5.41) is 9.13. The van der Waals surface area contributed by atoms with Gasteiger partial charge < -0.3 is 14.7 Å². The van der Waals surface area contributed by atoms with E-state index < -0.39 is 16.0 Å². The summed E-state index contributed by atoms with van der Waals surface area (Å²) in [6, 6.07) is 10.3. The lowest BCUT2D eigenvalue weighted by molar-refractivity contribution is -0.129. The number of aromatic carboxylic acids is 1. The summed E-state index contributed by atoms with van der Waals surface area (Å²) in [6.45, 7) is 4.21. The number of sulfonamides is 1. The van der Waals surface area contributed by atoms with E-state index in [1.54, 1.807) is 29.2 Å². The molecule has 2 aromatic carbocycles. The number of benzene rings is 2. The molecule has 0 aliphatic rings. The number of ether oxygens (including phenoxy) is 1. The first-order chi connectivity index (χ1) is 13.2. The SMILES string of the molecule is CCN(Cc1cccc(NS(=O)(=O)c2cc(C(=O)O)ccc2OC)c1)C(C)=O. The first-order valence-electron chi connectivity index (χ1n) is 8.46. The Hall–Kier alpha value is -3.07. The maximum absolute atomic E-state index is 12.8. The number of hydrogen-bond acceptors (Lipinski definition) is 5. The largest absolute Gasteiger partial charge is 0.495 e. The summed E-state index contributed by atoms with van der Waals surface area (Å²) in [4.78, 5) is 24.1. The number of amides is 1. The van der Waals surface area contributed by atoms with Crippen LogP contribution in [-0.4, -0.2) is 44.0 Å². The number of hydrogen-bond donors (Lipinski definition) is 2. The van der Waals surface area contributed by atoms with Gasteiger partial charge in [-0.3, -0.25) is 9.52 Å². The van der Waals surface area contributed by atoms with Crippen LogP contribution in [0, 0.1) is 0 Å². The molecule has 0 aromatic heterocycles. The molecule has 2 aromatic rings. The van der Waals surface area contributed by atoms with Crippen molar-refractivity contribution >= 4 is 27.6 Å². The van der Waals surface area contributed by atoms with Crippen molar-refractivity contribution in [3.05, 3.63) is 53.6 Å². The van der Waals surface area contributed by atoms with Crippen LogP contribution in [0.2, 0.25) is 0 Å². The number of nitrogens with one attached hydrogen (secondary N) is 1. The molecule has 0 spiro atoms. The van der Waals surface area contributed by atoms with Crippen molar-refractivity contribution in [1.29, 1.82) is 0 Å². The summed E-state index contributed by atoms with van der Waals surface area (Å²) >= 11 is 0. The van der Waals surface area contributed by atoms with Gasteiger partial charge in [0.25, 0.3) is 10.0 Å².